The molecule has 1 atom stereocenters. The molecular weight excluding hydrogens is 170 g/mol. The van der Waals surface area contributed by atoms with Crippen LogP contribution in [-0.2, 0) is 0 Å². The molecule has 1 radical (unpaired) electrons. The number of nitrogens with one attached hydrogen (secondary N) is 1. The van der Waals surface area contributed by atoms with E-state index in [1.54, 1.807) is 0 Å². The molecular formula is C13H9N+. The van der Waals surface area contributed by atoms with E-state index in [-0.39, 0.29) is 0 Å². The Hall–Kier alpha value is -1.85. The van der Waals surface area contributed by atoms with Crippen molar-refractivity contribution in [1.29, 1.82) is 0 Å². The molecule has 1 heterocycles. The minimum atomic E-state index is 0.309. The first-order chi connectivity index (χ1) is 6.95. The summed E-state index contributed by atoms with van der Waals surface area (Å²) in [6.45, 7) is 0. The maximum absolute atomic E-state index is 3.39. The van der Waals surface area contributed by atoms with Crippen LogP contribution in [0.3, 0.4) is 0 Å². The van der Waals surface area contributed by atoms with Crippen molar-refractivity contribution in [3.63, 3.8) is 0 Å². The van der Waals surface area contributed by atoms with Gasteiger partial charge in [-0.3, -0.25) is 0 Å². The average Bonchev–Trinajstić information content (AvgIpc) is 2.22. The Kier molecular flexibility index (Phi) is 1.52. The molecule has 65 valence electrons. The fraction of sp³-hybridized carbons (Fsp3) is 0.0769. The van der Waals surface area contributed by atoms with Crippen LogP contribution in [0.4, 0.5) is 5.69 Å². The van der Waals surface area contributed by atoms with Crippen molar-refractivity contribution >= 4 is 5.69 Å². The van der Waals surface area contributed by atoms with E-state index in [9.17, 15) is 0 Å². The number of fused-ring (bicyclic) bond motifs is 1. The SMILES string of the molecule is [c]1ccc2c(c1)C(C1=CC=CC=[C+]1)N2. The molecule has 1 aromatic rings. The number of allylic oxidation sites excluding steroid dienone is 4. The molecule has 0 fully saturated rings. The lowest BCUT2D eigenvalue weighted by molar-refractivity contribution is 0.862. The van der Waals surface area contributed by atoms with Crippen LogP contribution in [0.2, 0.25) is 0 Å². The topological polar surface area (TPSA) is 12.0 Å². The van der Waals surface area contributed by atoms with Gasteiger partial charge in [-0.15, -0.1) is 0 Å². The summed E-state index contributed by atoms with van der Waals surface area (Å²) in [7, 11) is 0. The molecule has 1 heteroatoms. The summed E-state index contributed by atoms with van der Waals surface area (Å²) in [6, 6.07) is 9.42. The number of anilines is 1. The molecule has 1 aliphatic heterocycles. The molecule has 0 spiro atoms. The molecule has 0 saturated heterocycles. The second-order valence-electron chi connectivity index (χ2n) is 3.41. The molecule has 2 aliphatic rings. The van der Waals surface area contributed by atoms with Gasteiger partial charge >= 0.3 is 0 Å². The Morgan fingerprint density at radius 2 is 2.36 bits per heavy atom. The second-order valence-corrected chi connectivity index (χ2v) is 3.41. The number of hydrogen-bond donors (Lipinski definition) is 1. The third-order valence-corrected chi connectivity index (χ3v) is 2.55. The molecule has 1 unspecified atom stereocenters. The first-order valence-electron chi connectivity index (χ1n) is 4.68. The van der Waals surface area contributed by atoms with Crippen LogP contribution in [0.5, 0.6) is 0 Å². The van der Waals surface area contributed by atoms with Crippen molar-refractivity contribution in [2.24, 2.45) is 0 Å². The average molecular weight is 179 g/mol. The highest BCUT2D eigenvalue weighted by atomic mass is 15.0. The van der Waals surface area contributed by atoms with E-state index in [2.05, 4.69) is 29.6 Å². The maximum atomic E-state index is 3.39. The van der Waals surface area contributed by atoms with E-state index in [4.69, 9.17) is 0 Å². The van der Waals surface area contributed by atoms with E-state index in [1.807, 2.05) is 30.4 Å². The van der Waals surface area contributed by atoms with Crippen LogP contribution >= 0.6 is 0 Å². The Morgan fingerprint density at radius 1 is 1.36 bits per heavy atom. The van der Waals surface area contributed by atoms with Crippen LogP contribution in [0, 0.1) is 12.1 Å². The number of benzene rings is 1. The van der Waals surface area contributed by atoms with Crippen LogP contribution < -0.4 is 5.32 Å². The lowest BCUT2D eigenvalue weighted by atomic mass is 9.89. The highest BCUT2D eigenvalue weighted by Crippen LogP contribution is 2.40. The minimum absolute atomic E-state index is 0.309. The standard InChI is InChI=1S/C13H9N/c1-2-6-10(7-3-1)13-11-8-4-5-9-12(11)14-13/h1-3,5-6,8-9,13-14H/q+1. The maximum Gasteiger partial charge on any atom is 0.142 e. The van der Waals surface area contributed by atoms with Gasteiger partial charge in [0, 0.05) is 29.5 Å². The first-order valence-corrected chi connectivity index (χ1v) is 4.68. The van der Waals surface area contributed by atoms with Crippen molar-refractivity contribution < 1.29 is 0 Å². The predicted molar refractivity (Wildman–Crippen MR) is 56.7 cm³/mol. The quantitative estimate of drug-likeness (QED) is 0.654. The van der Waals surface area contributed by atoms with Gasteiger partial charge in [0.25, 0.3) is 0 Å². The number of hydrogen-bond acceptors (Lipinski definition) is 1. The van der Waals surface area contributed by atoms with Crippen molar-refractivity contribution in [1.82, 2.24) is 0 Å². The van der Waals surface area contributed by atoms with E-state index >= 15 is 0 Å². The lowest BCUT2D eigenvalue weighted by Crippen LogP contribution is -2.24. The van der Waals surface area contributed by atoms with Gasteiger partial charge in [-0.05, 0) is 18.2 Å². The molecule has 0 aromatic heterocycles. The Morgan fingerprint density at radius 3 is 3.14 bits per heavy atom. The van der Waals surface area contributed by atoms with E-state index in [0.29, 0.717) is 6.04 Å². The lowest BCUT2D eigenvalue weighted by Gasteiger charge is -2.30. The summed E-state index contributed by atoms with van der Waals surface area (Å²) in [5, 5.41) is 3.39. The summed E-state index contributed by atoms with van der Waals surface area (Å²) >= 11 is 0. The molecule has 0 bridgehead atoms. The van der Waals surface area contributed by atoms with Crippen molar-refractivity contribution in [3.8, 4) is 0 Å². The number of rotatable bonds is 1. The molecule has 14 heavy (non-hydrogen) atoms. The summed E-state index contributed by atoms with van der Waals surface area (Å²) in [5.41, 5.74) is 3.72. The van der Waals surface area contributed by atoms with Crippen molar-refractivity contribution in [2.75, 3.05) is 5.32 Å². The second kappa shape index (κ2) is 2.83. The largest absolute Gasteiger partial charge is 0.371 e. The van der Waals surface area contributed by atoms with Gasteiger partial charge in [-0.2, -0.15) is 0 Å². The minimum Gasteiger partial charge on any atom is -0.371 e. The highest BCUT2D eigenvalue weighted by molar-refractivity contribution is 5.67. The molecule has 1 aromatic carbocycles. The van der Waals surface area contributed by atoms with E-state index in [0.717, 1.165) is 0 Å². The molecule has 1 aliphatic carbocycles. The fourth-order valence-electron chi connectivity index (χ4n) is 1.80. The van der Waals surface area contributed by atoms with Crippen molar-refractivity contribution in [3.05, 3.63) is 65.8 Å². The molecule has 1 nitrogen and oxygen atoms in total. The summed E-state index contributed by atoms with van der Waals surface area (Å²) in [6.07, 6.45) is 11.3. The Bertz CT molecular complexity index is 452. The van der Waals surface area contributed by atoms with Crippen LogP contribution in [0.1, 0.15) is 11.6 Å². The van der Waals surface area contributed by atoms with Crippen LogP contribution in [0.15, 0.2) is 48.1 Å². The summed E-state index contributed by atoms with van der Waals surface area (Å²) in [5.74, 6) is 0. The molecule has 3 rings (SSSR count). The smallest absolute Gasteiger partial charge is 0.142 e. The van der Waals surface area contributed by atoms with Crippen LogP contribution in [-0.4, -0.2) is 0 Å². The Labute approximate surface area is 83.5 Å². The van der Waals surface area contributed by atoms with Gasteiger partial charge < -0.3 is 5.32 Å². The zero-order chi connectivity index (χ0) is 9.38. The van der Waals surface area contributed by atoms with Gasteiger partial charge in [0.15, 0.2) is 0 Å². The molecule has 1 N–H and O–H groups in total. The summed E-state index contributed by atoms with van der Waals surface area (Å²) in [4.78, 5) is 0. The van der Waals surface area contributed by atoms with Gasteiger partial charge in [-0.1, -0.05) is 6.07 Å². The van der Waals surface area contributed by atoms with Gasteiger partial charge in [-0.25, -0.2) is 0 Å². The van der Waals surface area contributed by atoms with Gasteiger partial charge in [0.2, 0.25) is 0 Å². The highest BCUT2D eigenvalue weighted by Gasteiger charge is 2.30. The zero-order valence-corrected chi connectivity index (χ0v) is 7.62. The third-order valence-electron chi connectivity index (χ3n) is 2.55. The Balaban J connectivity index is 1.96. The van der Waals surface area contributed by atoms with Gasteiger partial charge in [0.1, 0.15) is 17.7 Å². The van der Waals surface area contributed by atoms with Crippen molar-refractivity contribution in [2.45, 2.75) is 6.04 Å². The normalized spacial score (nSPS) is 21.4. The monoisotopic (exact) mass is 179 g/mol. The van der Waals surface area contributed by atoms with E-state index < -0.39 is 0 Å². The van der Waals surface area contributed by atoms with E-state index in [1.165, 1.54) is 16.8 Å². The molecule has 0 saturated carbocycles. The van der Waals surface area contributed by atoms with Gasteiger partial charge in [0.05, 0.1) is 6.08 Å². The summed E-state index contributed by atoms with van der Waals surface area (Å²) < 4.78 is 0. The first kappa shape index (κ1) is 7.54. The fourth-order valence-corrected chi connectivity index (χ4v) is 1.80. The third kappa shape index (κ3) is 1.00. The van der Waals surface area contributed by atoms with Crippen LogP contribution in [0.25, 0.3) is 0 Å². The zero-order valence-electron chi connectivity index (χ0n) is 7.62. The molecule has 0 amide bonds. The predicted octanol–water partition coefficient (Wildman–Crippen LogP) is 2.81.